The molecule has 4 heterocycles. The molecule has 1 aliphatic rings. The fraction of sp³-hybridized carbons (Fsp3) is 0.190. The van der Waals surface area contributed by atoms with Gasteiger partial charge in [0.15, 0.2) is 0 Å². The lowest BCUT2D eigenvalue weighted by atomic mass is 10.1. The first-order chi connectivity index (χ1) is 13.1. The molecule has 0 aliphatic carbocycles. The number of aromatic nitrogens is 2. The van der Waals surface area contributed by atoms with Crippen molar-refractivity contribution in [3.63, 3.8) is 0 Å². The molecule has 3 aromatic heterocycles. The number of aryl methyl sites for hydroxylation is 1. The summed E-state index contributed by atoms with van der Waals surface area (Å²) in [6, 6.07) is 14.0. The molecule has 4 aromatic rings. The van der Waals surface area contributed by atoms with Crippen LogP contribution in [0.4, 0.5) is 5.69 Å². The summed E-state index contributed by atoms with van der Waals surface area (Å²) in [5.41, 5.74) is 4.58. The maximum Gasteiger partial charge on any atom is 0.259 e. The van der Waals surface area contributed by atoms with Crippen LogP contribution in [-0.4, -0.2) is 22.1 Å². The van der Waals surface area contributed by atoms with Gasteiger partial charge in [-0.25, -0.2) is 4.98 Å². The van der Waals surface area contributed by atoms with Gasteiger partial charge in [-0.3, -0.25) is 4.79 Å². The molecule has 1 aliphatic heterocycles. The molecule has 1 atom stereocenters. The number of carbonyl (C=O) groups excluding carboxylic acids is 1. The predicted octanol–water partition coefficient (Wildman–Crippen LogP) is 4.85. The Labute approximate surface area is 160 Å². The third-order valence-corrected chi connectivity index (χ3v) is 5.94. The average Bonchev–Trinajstić information content (AvgIpc) is 3.39. The van der Waals surface area contributed by atoms with Crippen LogP contribution >= 0.6 is 11.3 Å². The molecule has 27 heavy (non-hydrogen) atoms. The first-order valence-corrected chi connectivity index (χ1v) is 9.74. The highest BCUT2D eigenvalue weighted by molar-refractivity contribution is 7.13. The van der Waals surface area contributed by atoms with E-state index in [4.69, 9.17) is 4.52 Å². The summed E-state index contributed by atoms with van der Waals surface area (Å²) in [4.78, 5) is 21.1. The number of hydrogen-bond donors (Lipinski definition) is 0. The molecule has 0 bridgehead atoms. The normalized spacial score (nSPS) is 16.1. The zero-order valence-electron chi connectivity index (χ0n) is 15.0. The van der Waals surface area contributed by atoms with E-state index in [1.165, 1.54) is 5.56 Å². The standard InChI is InChI=1S/C21H17N3O2S/c1-12-10-14-6-3-4-7-17(14)24(12)21(25)15-11-16(18-8-5-9-27-18)22-20-19(15)13(2)23-26-20/h3-9,11-12H,10H2,1-2H3. The second-order valence-corrected chi connectivity index (χ2v) is 7.79. The van der Waals surface area contributed by atoms with Gasteiger partial charge in [-0.05, 0) is 49.4 Å². The monoisotopic (exact) mass is 375 g/mol. The molecule has 1 unspecified atom stereocenters. The summed E-state index contributed by atoms with van der Waals surface area (Å²) in [6.07, 6.45) is 0.858. The molecule has 0 radical (unpaired) electrons. The SMILES string of the molecule is Cc1noc2nc(-c3cccs3)cc(C(=O)N3c4ccccc4CC3C)c12. The molecule has 5 rings (SSSR count). The number of amides is 1. The van der Waals surface area contributed by atoms with E-state index < -0.39 is 0 Å². The van der Waals surface area contributed by atoms with Gasteiger partial charge in [0.1, 0.15) is 0 Å². The maximum atomic E-state index is 13.6. The third kappa shape index (κ3) is 2.48. The van der Waals surface area contributed by atoms with Crippen molar-refractivity contribution in [2.24, 2.45) is 0 Å². The van der Waals surface area contributed by atoms with Gasteiger partial charge in [0.2, 0.25) is 0 Å². The van der Waals surface area contributed by atoms with Gasteiger partial charge in [0.25, 0.3) is 11.6 Å². The molecule has 134 valence electrons. The Bertz CT molecular complexity index is 1160. The Balaban J connectivity index is 1.70. The molecule has 1 amide bonds. The summed E-state index contributed by atoms with van der Waals surface area (Å²) in [5, 5.41) is 6.73. The van der Waals surface area contributed by atoms with Crippen LogP contribution in [0.5, 0.6) is 0 Å². The highest BCUT2D eigenvalue weighted by Gasteiger charge is 2.33. The van der Waals surface area contributed by atoms with Gasteiger partial charge >= 0.3 is 0 Å². The van der Waals surface area contributed by atoms with Gasteiger partial charge in [0.05, 0.1) is 27.2 Å². The second kappa shape index (κ2) is 6.03. The number of anilines is 1. The van der Waals surface area contributed by atoms with Crippen molar-refractivity contribution in [1.82, 2.24) is 10.1 Å². The van der Waals surface area contributed by atoms with Crippen molar-refractivity contribution in [3.8, 4) is 10.6 Å². The van der Waals surface area contributed by atoms with E-state index in [1.54, 1.807) is 11.3 Å². The molecule has 0 saturated heterocycles. The van der Waals surface area contributed by atoms with Gasteiger partial charge in [-0.1, -0.05) is 29.4 Å². The van der Waals surface area contributed by atoms with E-state index in [2.05, 4.69) is 23.1 Å². The predicted molar refractivity (Wildman–Crippen MR) is 106 cm³/mol. The van der Waals surface area contributed by atoms with Crippen LogP contribution < -0.4 is 4.90 Å². The maximum absolute atomic E-state index is 13.6. The molecule has 6 heteroatoms. The van der Waals surface area contributed by atoms with Crippen LogP contribution in [0.15, 0.2) is 52.4 Å². The van der Waals surface area contributed by atoms with Crippen LogP contribution in [0, 0.1) is 6.92 Å². The van der Waals surface area contributed by atoms with E-state index >= 15 is 0 Å². The van der Waals surface area contributed by atoms with Crippen LogP contribution in [0.1, 0.15) is 28.5 Å². The highest BCUT2D eigenvalue weighted by atomic mass is 32.1. The number of nitrogens with zero attached hydrogens (tertiary/aromatic N) is 3. The average molecular weight is 375 g/mol. The van der Waals surface area contributed by atoms with Crippen molar-refractivity contribution in [1.29, 1.82) is 0 Å². The lowest BCUT2D eigenvalue weighted by molar-refractivity contribution is 0.0983. The lowest BCUT2D eigenvalue weighted by Gasteiger charge is -2.23. The molecule has 1 aromatic carbocycles. The van der Waals surface area contributed by atoms with E-state index in [0.717, 1.165) is 22.7 Å². The third-order valence-electron chi connectivity index (χ3n) is 5.05. The number of hydrogen-bond acceptors (Lipinski definition) is 5. The highest BCUT2D eigenvalue weighted by Crippen LogP contribution is 2.36. The minimum Gasteiger partial charge on any atom is -0.335 e. The number of para-hydroxylation sites is 1. The summed E-state index contributed by atoms with van der Waals surface area (Å²) < 4.78 is 5.41. The van der Waals surface area contributed by atoms with Gasteiger partial charge in [0, 0.05) is 11.7 Å². The Morgan fingerprint density at radius 1 is 1.26 bits per heavy atom. The number of fused-ring (bicyclic) bond motifs is 2. The van der Waals surface area contributed by atoms with Crippen molar-refractivity contribution in [2.75, 3.05) is 4.90 Å². The van der Waals surface area contributed by atoms with Crippen molar-refractivity contribution in [3.05, 3.63) is 64.7 Å². The van der Waals surface area contributed by atoms with Crippen LogP contribution in [0.3, 0.4) is 0 Å². The van der Waals surface area contributed by atoms with Crippen LogP contribution in [-0.2, 0) is 6.42 Å². The molecular weight excluding hydrogens is 358 g/mol. The van der Waals surface area contributed by atoms with Crippen LogP contribution in [0.25, 0.3) is 21.7 Å². The summed E-state index contributed by atoms with van der Waals surface area (Å²) >= 11 is 1.58. The molecular formula is C21H17N3O2S. The van der Waals surface area contributed by atoms with Crippen LogP contribution in [0.2, 0.25) is 0 Å². The molecule has 5 nitrogen and oxygen atoms in total. The minimum atomic E-state index is -0.0380. The molecule has 0 saturated carbocycles. The second-order valence-electron chi connectivity index (χ2n) is 6.84. The zero-order valence-corrected chi connectivity index (χ0v) is 15.8. The summed E-state index contributed by atoms with van der Waals surface area (Å²) in [7, 11) is 0. The van der Waals surface area contributed by atoms with E-state index in [1.807, 2.05) is 53.6 Å². The van der Waals surface area contributed by atoms with Crippen molar-refractivity contribution < 1.29 is 9.32 Å². The molecule has 0 spiro atoms. The van der Waals surface area contributed by atoms with E-state index in [9.17, 15) is 4.79 Å². The quantitative estimate of drug-likeness (QED) is 0.502. The van der Waals surface area contributed by atoms with Gasteiger partial charge in [-0.2, -0.15) is 0 Å². The topological polar surface area (TPSA) is 59.2 Å². The summed E-state index contributed by atoms with van der Waals surface area (Å²) in [5.74, 6) is -0.0380. The largest absolute Gasteiger partial charge is 0.335 e. The number of pyridine rings is 1. The smallest absolute Gasteiger partial charge is 0.259 e. The lowest BCUT2D eigenvalue weighted by Crippen LogP contribution is -2.35. The Morgan fingerprint density at radius 3 is 2.93 bits per heavy atom. The zero-order chi connectivity index (χ0) is 18.5. The number of carbonyl (C=O) groups is 1. The van der Waals surface area contributed by atoms with E-state index in [-0.39, 0.29) is 11.9 Å². The Morgan fingerprint density at radius 2 is 2.11 bits per heavy atom. The van der Waals surface area contributed by atoms with Crippen molar-refractivity contribution >= 4 is 34.0 Å². The number of rotatable bonds is 2. The number of benzene rings is 1. The first-order valence-electron chi connectivity index (χ1n) is 8.86. The van der Waals surface area contributed by atoms with Gasteiger partial charge < -0.3 is 9.42 Å². The molecule has 0 fully saturated rings. The van der Waals surface area contributed by atoms with Gasteiger partial charge in [-0.15, -0.1) is 11.3 Å². The fourth-order valence-electron chi connectivity index (χ4n) is 3.82. The summed E-state index contributed by atoms with van der Waals surface area (Å²) in [6.45, 7) is 3.92. The van der Waals surface area contributed by atoms with E-state index in [0.29, 0.717) is 22.4 Å². The minimum absolute atomic E-state index is 0.0380. The fourth-order valence-corrected chi connectivity index (χ4v) is 4.50. The Kier molecular flexibility index (Phi) is 3.62. The van der Waals surface area contributed by atoms with Crippen molar-refractivity contribution in [2.45, 2.75) is 26.3 Å². The Hall–Kier alpha value is -2.99. The number of thiophene rings is 1. The molecule has 0 N–H and O–H groups in total. The first kappa shape index (κ1) is 16.2.